The molecule has 8 heteroatoms. The number of carbonyl (C=O) groups is 3. The van der Waals surface area contributed by atoms with Crippen molar-refractivity contribution in [1.29, 1.82) is 0 Å². The number of halogens is 1. The zero-order valence-corrected chi connectivity index (χ0v) is 15.8. The standard InChI is InChI=1S/C16H20BrN3O3S/c1-10-4-2-3-7-16(10)14(22)20(15(23)19-16)9-13(21)18-8-11-5-6-12(17)24-11/h5-6,10H,2-4,7-9H2,1H3,(H,18,21)(H,19,23). The molecule has 6 nitrogen and oxygen atoms in total. The fourth-order valence-electron chi connectivity index (χ4n) is 3.47. The summed E-state index contributed by atoms with van der Waals surface area (Å²) >= 11 is 4.91. The number of nitrogens with one attached hydrogen (secondary N) is 2. The lowest BCUT2D eigenvalue weighted by Crippen LogP contribution is -2.54. The Kier molecular flexibility index (Phi) is 4.96. The van der Waals surface area contributed by atoms with Gasteiger partial charge in [-0.1, -0.05) is 19.8 Å². The molecule has 1 spiro atoms. The Bertz CT molecular complexity index is 677. The van der Waals surface area contributed by atoms with E-state index in [9.17, 15) is 14.4 Å². The summed E-state index contributed by atoms with van der Waals surface area (Å²) in [6.07, 6.45) is 3.56. The molecule has 2 heterocycles. The molecule has 2 aliphatic rings. The number of thiophene rings is 1. The van der Waals surface area contributed by atoms with Crippen molar-refractivity contribution in [2.45, 2.75) is 44.7 Å². The minimum atomic E-state index is -0.811. The van der Waals surface area contributed by atoms with Crippen LogP contribution in [0.1, 0.15) is 37.5 Å². The number of nitrogens with zero attached hydrogens (tertiary/aromatic N) is 1. The summed E-state index contributed by atoms with van der Waals surface area (Å²) in [5, 5.41) is 5.61. The highest BCUT2D eigenvalue weighted by Gasteiger charge is 2.55. The molecular formula is C16H20BrN3O3S. The fourth-order valence-corrected chi connectivity index (χ4v) is 4.89. The number of imide groups is 1. The highest BCUT2D eigenvalue weighted by Crippen LogP contribution is 2.38. The topological polar surface area (TPSA) is 78.5 Å². The van der Waals surface area contributed by atoms with Crippen LogP contribution in [0.5, 0.6) is 0 Å². The Morgan fingerprint density at radius 2 is 2.25 bits per heavy atom. The van der Waals surface area contributed by atoms with Crippen LogP contribution in [0, 0.1) is 5.92 Å². The normalized spacial score (nSPS) is 26.8. The molecule has 1 aliphatic heterocycles. The number of hydrogen-bond donors (Lipinski definition) is 2. The smallest absolute Gasteiger partial charge is 0.325 e. The minimum Gasteiger partial charge on any atom is -0.350 e. The minimum absolute atomic E-state index is 0.0965. The third kappa shape index (κ3) is 3.21. The van der Waals surface area contributed by atoms with Crippen LogP contribution in [0.25, 0.3) is 0 Å². The van der Waals surface area contributed by atoms with Crippen LogP contribution in [-0.2, 0) is 16.1 Å². The lowest BCUT2D eigenvalue weighted by atomic mass is 9.73. The largest absolute Gasteiger partial charge is 0.350 e. The van der Waals surface area contributed by atoms with Crippen molar-refractivity contribution in [3.63, 3.8) is 0 Å². The van der Waals surface area contributed by atoms with Crippen LogP contribution in [0.4, 0.5) is 4.79 Å². The number of rotatable bonds is 4. The summed E-state index contributed by atoms with van der Waals surface area (Å²) in [6, 6.07) is 3.38. The maximum Gasteiger partial charge on any atom is 0.325 e. The first kappa shape index (κ1) is 17.4. The molecule has 1 saturated carbocycles. The van der Waals surface area contributed by atoms with Crippen molar-refractivity contribution in [2.24, 2.45) is 5.92 Å². The third-order valence-electron chi connectivity index (χ3n) is 4.89. The van der Waals surface area contributed by atoms with Crippen molar-refractivity contribution in [3.8, 4) is 0 Å². The van der Waals surface area contributed by atoms with Crippen molar-refractivity contribution < 1.29 is 14.4 Å². The average molecular weight is 414 g/mol. The van der Waals surface area contributed by atoms with Crippen LogP contribution in [0.2, 0.25) is 0 Å². The molecule has 2 fully saturated rings. The number of carbonyl (C=O) groups excluding carboxylic acids is 3. The van der Waals surface area contributed by atoms with Gasteiger partial charge in [-0.25, -0.2) is 4.79 Å². The maximum atomic E-state index is 12.8. The van der Waals surface area contributed by atoms with Gasteiger partial charge in [0.25, 0.3) is 5.91 Å². The van der Waals surface area contributed by atoms with E-state index in [-0.39, 0.29) is 24.3 Å². The highest BCUT2D eigenvalue weighted by atomic mass is 79.9. The number of amides is 4. The molecule has 4 amide bonds. The Labute approximate surface area is 153 Å². The van der Waals surface area contributed by atoms with Gasteiger partial charge >= 0.3 is 6.03 Å². The summed E-state index contributed by atoms with van der Waals surface area (Å²) in [5.74, 6) is -0.489. The van der Waals surface area contributed by atoms with Gasteiger partial charge < -0.3 is 10.6 Å². The van der Waals surface area contributed by atoms with E-state index in [1.165, 1.54) is 11.3 Å². The van der Waals surface area contributed by atoms with Gasteiger partial charge in [-0.05, 0) is 46.8 Å². The lowest BCUT2D eigenvalue weighted by Gasteiger charge is -2.36. The average Bonchev–Trinajstić information content (AvgIpc) is 3.06. The molecule has 2 N–H and O–H groups in total. The lowest BCUT2D eigenvalue weighted by molar-refractivity contribution is -0.137. The van der Waals surface area contributed by atoms with E-state index in [0.717, 1.165) is 32.8 Å². The van der Waals surface area contributed by atoms with E-state index in [1.807, 2.05) is 19.1 Å². The molecule has 2 unspecified atom stereocenters. The van der Waals surface area contributed by atoms with Crippen LogP contribution in [0.15, 0.2) is 15.9 Å². The first-order valence-corrected chi connectivity index (χ1v) is 9.68. The van der Waals surface area contributed by atoms with Crippen molar-refractivity contribution in [1.82, 2.24) is 15.5 Å². The van der Waals surface area contributed by atoms with Crippen molar-refractivity contribution in [2.75, 3.05) is 6.54 Å². The van der Waals surface area contributed by atoms with E-state index in [4.69, 9.17) is 0 Å². The van der Waals surface area contributed by atoms with E-state index in [1.54, 1.807) is 0 Å². The summed E-state index contributed by atoms with van der Waals surface area (Å²) in [5.41, 5.74) is -0.811. The second kappa shape index (κ2) is 6.84. The first-order chi connectivity index (χ1) is 11.4. The number of urea groups is 1. The third-order valence-corrected chi connectivity index (χ3v) is 6.52. The van der Waals surface area contributed by atoms with E-state index < -0.39 is 11.6 Å². The molecule has 1 aromatic heterocycles. The van der Waals surface area contributed by atoms with Gasteiger partial charge in [0.15, 0.2) is 0 Å². The van der Waals surface area contributed by atoms with Gasteiger partial charge in [0, 0.05) is 4.88 Å². The van der Waals surface area contributed by atoms with E-state index >= 15 is 0 Å². The second-order valence-electron chi connectivity index (χ2n) is 6.42. The van der Waals surface area contributed by atoms with Gasteiger partial charge in [-0.15, -0.1) is 11.3 Å². The summed E-state index contributed by atoms with van der Waals surface area (Å²) in [6.45, 7) is 2.15. The van der Waals surface area contributed by atoms with Gasteiger partial charge in [0.2, 0.25) is 5.91 Å². The Balaban J connectivity index is 1.61. The summed E-state index contributed by atoms with van der Waals surface area (Å²) < 4.78 is 0.995. The molecule has 24 heavy (non-hydrogen) atoms. The van der Waals surface area contributed by atoms with Crippen molar-refractivity contribution in [3.05, 3.63) is 20.8 Å². The van der Waals surface area contributed by atoms with E-state index in [0.29, 0.717) is 13.0 Å². The SMILES string of the molecule is CC1CCCCC12NC(=O)N(CC(=O)NCc1ccc(Br)s1)C2=O. The zero-order valence-electron chi connectivity index (χ0n) is 13.4. The monoisotopic (exact) mass is 413 g/mol. The predicted octanol–water partition coefficient (Wildman–Crippen LogP) is 2.63. The molecule has 1 aliphatic carbocycles. The quantitative estimate of drug-likeness (QED) is 0.744. The molecule has 0 radical (unpaired) electrons. The van der Waals surface area contributed by atoms with Gasteiger partial charge in [0.05, 0.1) is 10.3 Å². The Morgan fingerprint density at radius 1 is 1.46 bits per heavy atom. The Morgan fingerprint density at radius 3 is 2.92 bits per heavy atom. The molecule has 130 valence electrons. The molecule has 1 aromatic rings. The van der Waals surface area contributed by atoms with Crippen LogP contribution < -0.4 is 10.6 Å². The number of hydrogen-bond acceptors (Lipinski definition) is 4. The molecule has 0 aromatic carbocycles. The Hall–Kier alpha value is -1.41. The van der Waals surface area contributed by atoms with Gasteiger partial charge in [-0.2, -0.15) is 0 Å². The van der Waals surface area contributed by atoms with Gasteiger partial charge in [-0.3, -0.25) is 14.5 Å². The summed E-state index contributed by atoms with van der Waals surface area (Å²) in [7, 11) is 0. The zero-order chi connectivity index (χ0) is 17.3. The van der Waals surface area contributed by atoms with Crippen molar-refractivity contribution >= 4 is 45.1 Å². The predicted molar refractivity (Wildman–Crippen MR) is 94.5 cm³/mol. The van der Waals surface area contributed by atoms with Crippen LogP contribution >= 0.6 is 27.3 Å². The fraction of sp³-hybridized carbons (Fsp3) is 0.562. The molecule has 0 bridgehead atoms. The maximum absolute atomic E-state index is 12.8. The molecule has 3 rings (SSSR count). The molecular weight excluding hydrogens is 394 g/mol. The van der Waals surface area contributed by atoms with Crippen LogP contribution in [-0.4, -0.2) is 34.8 Å². The highest BCUT2D eigenvalue weighted by molar-refractivity contribution is 9.11. The second-order valence-corrected chi connectivity index (χ2v) is 8.97. The van der Waals surface area contributed by atoms with E-state index in [2.05, 4.69) is 26.6 Å². The summed E-state index contributed by atoms with van der Waals surface area (Å²) in [4.78, 5) is 39.2. The van der Waals surface area contributed by atoms with Gasteiger partial charge in [0.1, 0.15) is 12.1 Å². The molecule has 1 saturated heterocycles. The first-order valence-electron chi connectivity index (χ1n) is 8.07. The van der Waals surface area contributed by atoms with Crippen LogP contribution in [0.3, 0.4) is 0 Å². The molecule has 2 atom stereocenters.